The van der Waals surface area contributed by atoms with Crippen LogP contribution in [0.2, 0.25) is 0 Å². The van der Waals surface area contributed by atoms with Crippen LogP contribution in [0.5, 0.6) is 0 Å². The van der Waals surface area contributed by atoms with Crippen LogP contribution >= 0.6 is 0 Å². The van der Waals surface area contributed by atoms with Gasteiger partial charge in [0.25, 0.3) is 0 Å². The van der Waals surface area contributed by atoms with Crippen molar-refractivity contribution in [2.45, 2.75) is 37.6 Å². The first kappa shape index (κ1) is 13.9. The minimum atomic E-state index is -4.29. The Labute approximate surface area is 116 Å². The zero-order chi connectivity index (χ0) is 14.3. The molecular weight excluding hydrogens is 267 g/mol. The number of piperidine rings is 3. The lowest BCUT2D eigenvalue weighted by Crippen LogP contribution is -2.58. The fourth-order valence-electron chi connectivity index (χ4n) is 3.44. The fraction of sp³-hybridized carbons (Fsp3) is 0.600. The van der Waals surface area contributed by atoms with Crippen molar-refractivity contribution in [1.82, 2.24) is 4.90 Å². The zero-order valence-corrected chi connectivity index (χ0v) is 11.1. The molecule has 2 nitrogen and oxygen atoms in total. The molecule has 3 saturated heterocycles. The van der Waals surface area contributed by atoms with Gasteiger partial charge in [0.1, 0.15) is 0 Å². The Bertz CT molecular complexity index is 461. The largest absolute Gasteiger partial charge is 0.416 e. The van der Waals surface area contributed by atoms with E-state index in [1.54, 1.807) is 0 Å². The molecule has 1 N–H and O–H groups in total. The molecule has 1 aromatic rings. The van der Waals surface area contributed by atoms with E-state index in [0.29, 0.717) is 12.3 Å². The predicted octanol–water partition coefficient (Wildman–Crippen LogP) is 2.70. The van der Waals surface area contributed by atoms with Crippen LogP contribution in [0.3, 0.4) is 0 Å². The molecule has 5 heteroatoms. The molecule has 0 spiro atoms. The number of nitrogens with zero attached hydrogens (tertiary/aromatic N) is 1. The Morgan fingerprint density at radius 1 is 1.10 bits per heavy atom. The van der Waals surface area contributed by atoms with Crippen molar-refractivity contribution >= 4 is 0 Å². The van der Waals surface area contributed by atoms with Gasteiger partial charge < -0.3 is 5.11 Å². The highest BCUT2D eigenvalue weighted by Crippen LogP contribution is 2.34. The first-order valence-corrected chi connectivity index (χ1v) is 7.03. The standard InChI is InChI=1S/C15H18F3NO/c16-15(17,18)12-3-1-10(2-4-12)9-13-14(20)11-5-7-19(13)8-6-11/h1-4,11,13-14,20H,5-9H2. The number of rotatable bonds is 2. The molecular formula is C15H18F3NO. The molecule has 3 heterocycles. The third kappa shape index (κ3) is 2.56. The highest BCUT2D eigenvalue weighted by atomic mass is 19.4. The highest BCUT2D eigenvalue weighted by molar-refractivity contribution is 5.25. The Hall–Kier alpha value is -1.07. The first-order chi connectivity index (χ1) is 9.45. The number of aliphatic hydroxyl groups excluding tert-OH is 1. The topological polar surface area (TPSA) is 23.5 Å². The third-order valence-electron chi connectivity index (χ3n) is 4.65. The molecule has 2 atom stereocenters. The van der Waals surface area contributed by atoms with Gasteiger partial charge in [0.2, 0.25) is 0 Å². The van der Waals surface area contributed by atoms with Crippen LogP contribution in [0, 0.1) is 5.92 Å². The van der Waals surface area contributed by atoms with Gasteiger partial charge in [0.15, 0.2) is 0 Å². The number of halogens is 3. The molecule has 110 valence electrons. The Morgan fingerprint density at radius 3 is 2.20 bits per heavy atom. The van der Waals surface area contributed by atoms with Crippen molar-refractivity contribution in [2.75, 3.05) is 13.1 Å². The predicted molar refractivity (Wildman–Crippen MR) is 69.2 cm³/mol. The van der Waals surface area contributed by atoms with Crippen LogP contribution in [0.15, 0.2) is 24.3 Å². The van der Waals surface area contributed by atoms with Crippen molar-refractivity contribution < 1.29 is 18.3 Å². The minimum Gasteiger partial charge on any atom is -0.391 e. The zero-order valence-electron chi connectivity index (χ0n) is 11.1. The molecule has 0 aliphatic carbocycles. The summed E-state index contributed by atoms with van der Waals surface area (Å²) in [7, 11) is 0. The maximum absolute atomic E-state index is 12.5. The molecule has 1 aromatic carbocycles. The van der Waals surface area contributed by atoms with Crippen LogP contribution in [-0.2, 0) is 12.6 Å². The van der Waals surface area contributed by atoms with Gasteiger partial charge in [-0.15, -0.1) is 0 Å². The lowest BCUT2D eigenvalue weighted by Gasteiger charge is -2.49. The SMILES string of the molecule is OC1C2CCN(CC2)C1Cc1ccc(C(F)(F)F)cc1. The van der Waals surface area contributed by atoms with E-state index in [9.17, 15) is 18.3 Å². The molecule has 2 bridgehead atoms. The molecule has 0 amide bonds. The maximum atomic E-state index is 12.5. The first-order valence-electron chi connectivity index (χ1n) is 7.03. The van der Waals surface area contributed by atoms with Crippen molar-refractivity contribution in [3.8, 4) is 0 Å². The maximum Gasteiger partial charge on any atom is 0.416 e. The highest BCUT2D eigenvalue weighted by Gasteiger charge is 2.41. The number of hydrogen-bond donors (Lipinski definition) is 1. The molecule has 3 aliphatic rings. The second-order valence-electron chi connectivity index (χ2n) is 5.83. The van der Waals surface area contributed by atoms with Gasteiger partial charge in [-0.3, -0.25) is 4.90 Å². The van der Waals surface area contributed by atoms with E-state index in [0.717, 1.165) is 43.6 Å². The van der Waals surface area contributed by atoms with Gasteiger partial charge in [0.05, 0.1) is 11.7 Å². The van der Waals surface area contributed by atoms with Gasteiger partial charge in [-0.1, -0.05) is 12.1 Å². The summed E-state index contributed by atoms with van der Waals surface area (Å²) in [6.45, 7) is 1.99. The summed E-state index contributed by atoms with van der Waals surface area (Å²) in [4.78, 5) is 2.27. The Kier molecular flexibility index (Phi) is 3.50. The number of benzene rings is 1. The molecule has 2 unspecified atom stereocenters. The molecule has 3 aliphatic heterocycles. The van der Waals surface area contributed by atoms with E-state index in [-0.39, 0.29) is 12.1 Å². The van der Waals surface area contributed by atoms with Crippen LogP contribution in [0.1, 0.15) is 24.0 Å². The monoisotopic (exact) mass is 285 g/mol. The van der Waals surface area contributed by atoms with Crippen LogP contribution in [-0.4, -0.2) is 35.2 Å². The van der Waals surface area contributed by atoms with E-state index in [1.165, 1.54) is 12.1 Å². The number of fused-ring (bicyclic) bond motifs is 3. The summed E-state index contributed by atoms with van der Waals surface area (Å²) < 4.78 is 37.5. The van der Waals surface area contributed by atoms with Crippen molar-refractivity contribution in [2.24, 2.45) is 5.92 Å². The average molecular weight is 285 g/mol. The summed E-state index contributed by atoms with van der Waals surface area (Å²) in [6.07, 6.45) is -1.95. The van der Waals surface area contributed by atoms with Crippen LogP contribution < -0.4 is 0 Å². The van der Waals surface area contributed by atoms with E-state index < -0.39 is 11.7 Å². The summed E-state index contributed by atoms with van der Waals surface area (Å²) in [5, 5.41) is 10.3. The van der Waals surface area contributed by atoms with E-state index in [4.69, 9.17) is 0 Å². The summed E-state index contributed by atoms with van der Waals surface area (Å²) in [6, 6.07) is 5.35. The molecule has 0 radical (unpaired) electrons. The van der Waals surface area contributed by atoms with Gasteiger partial charge in [-0.25, -0.2) is 0 Å². The van der Waals surface area contributed by atoms with Gasteiger partial charge in [-0.05, 0) is 56.0 Å². The minimum absolute atomic E-state index is 0.0548. The quantitative estimate of drug-likeness (QED) is 0.903. The van der Waals surface area contributed by atoms with Gasteiger partial charge in [0, 0.05) is 6.04 Å². The number of aliphatic hydroxyl groups is 1. The van der Waals surface area contributed by atoms with Crippen molar-refractivity contribution in [3.05, 3.63) is 35.4 Å². The second kappa shape index (κ2) is 5.04. The number of alkyl halides is 3. The molecule has 0 aromatic heterocycles. The second-order valence-corrected chi connectivity index (χ2v) is 5.83. The van der Waals surface area contributed by atoms with E-state index in [1.807, 2.05) is 0 Å². The van der Waals surface area contributed by atoms with Crippen LogP contribution in [0.25, 0.3) is 0 Å². The third-order valence-corrected chi connectivity index (χ3v) is 4.65. The lowest BCUT2D eigenvalue weighted by molar-refractivity contribution is -0.137. The van der Waals surface area contributed by atoms with Crippen LogP contribution in [0.4, 0.5) is 13.2 Å². The molecule has 0 saturated carbocycles. The average Bonchev–Trinajstić information content (AvgIpc) is 2.43. The lowest BCUT2D eigenvalue weighted by atomic mass is 9.78. The molecule has 3 fully saturated rings. The summed E-state index contributed by atoms with van der Waals surface area (Å²) in [5.41, 5.74) is 0.238. The van der Waals surface area contributed by atoms with Gasteiger partial charge in [-0.2, -0.15) is 13.2 Å². The normalized spacial score (nSPS) is 33.4. The Balaban J connectivity index is 1.72. The summed E-state index contributed by atoms with van der Waals surface area (Å²) in [5.74, 6) is 0.361. The molecule has 20 heavy (non-hydrogen) atoms. The van der Waals surface area contributed by atoms with E-state index >= 15 is 0 Å². The van der Waals surface area contributed by atoms with Crippen molar-refractivity contribution in [1.29, 1.82) is 0 Å². The fourth-order valence-corrected chi connectivity index (χ4v) is 3.44. The molecule has 4 rings (SSSR count). The smallest absolute Gasteiger partial charge is 0.391 e. The Morgan fingerprint density at radius 2 is 1.70 bits per heavy atom. The van der Waals surface area contributed by atoms with Gasteiger partial charge >= 0.3 is 6.18 Å². The summed E-state index contributed by atoms with van der Waals surface area (Å²) >= 11 is 0. The van der Waals surface area contributed by atoms with Crippen molar-refractivity contribution in [3.63, 3.8) is 0 Å². The number of hydrogen-bond acceptors (Lipinski definition) is 2. The van der Waals surface area contributed by atoms with E-state index in [2.05, 4.69) is 4.90 Å².